The molecule has 3 nitrogen and oxygen atoms in total. The molecule has 0 aliphatic rings. The zero-order valence-electron chi connectivity index (χ0n) is 9.89. The van der Waals surface area contributed by atoms with E-state index < -0.39 is 0 Å². The van der Waals surface area contributed by atoms with Crippen molar-refractivity contribution in [2.24, 2.45) is 0 Å². The summed E-state index contributed by atoms with van der Waals surface area (Å²) in [6.45, 7) is 1.99. The van der Waals surface area contributed by atoms with E-state index in [4.69, 9.17) is 0 Å². The van der Waals surface area contributed by atoms with Crippen molar-refractivity contribution in [3.05, 3.63) is 50.9 Å². The number of hydrogen-bond donors (Lipinski definition) is 1. The highest BCUT2D eigenvalue weighted by Gasteiger charge is 2.14. The minimum atomic E-state index is -0.148. The molecule has 0 bridgehead atoms. The van der Waals surface area contributed by atoms with Crippen molar-refractivity contribution in [1.29, 1.82) is 0 Å². The van der Waals surface area contributed by atoms with Crippen LogP contribution in [0.1, 0.15) is 23.0 Å². The third-order valence-corrected chi connectivity index (χ3v) is 3.84. The number of nitrogens with one attached hydrogen (secondary N) is 1. The maximum Gasteiger partial charge on any atom is 0.271 e. The molecular formula is C13H13BrN2OS. The first-order valence-electron chi connectivity index (χ1n) is 5.59. The summed E-state index contributed by atoms with van der Waals surface area (Å²) in [5.41, 5.74) is 1.67. The van der Waals surface area contributed by atoms with Crippen LogP contribution < -0.4 is 5.32 Å². The SMILES string of the molecule is CC(Cc1ccsc1)NC(=O)c1ncccc1Br. The van der Waals surface area contributed by atoms with Crippen LogP contribution in [0.5, 0.6) is 0 Å². The van der Waals surface area contributed by atoms with E-state index in [9.17, 15) is 4.79 Å². The standard InChI is InChI=1S/C13H13BrN2OS/c1-9(7-10-4-6-18-8-10)16-13(17)12-11(14)3-2-5-15-12/h2-6,8-9H,7H2,1H3,(H,16,17). The Balaban J connectivity index is 1.97. The summed E-state index contributed by atoms with van der Waals surface area (Å²) >= 11 is 4.99. The summed E-state index contributed by atoms with van der Waals surface area (Å²) in [7, 11) is 0. The van der Waals surface area contributed by atoms with Gasteiger partial charge in [0, 0.05) is 16.7 Å². The summed E-state index contributed by atoms with van der Waals surface area (Å²) in [4.78, 5) is 16.1. The van der Waals surface area contributed by atoms with Crippen LogP contribution in [0.25, 0.3) is 0 Å². The number of thiophene rings is 1. The molecule has 2 aromatic heterocycles. The van der Waals surface area contributed by atoms with Crippen LogP contribution >= 0.6 is 27.3 Å². The Morgan fingerprint density at radius 1 is 1.56 bits per heavy atom. The Morgan fingerprint density at radius 3 is 3.06 bits per heavy atom. The van der Waals surface area contributed by atoms with Gasteiger partial charge in [-0.05, 0) is 63.8 Å². The molecule has 0 fully saturated rings. The van der Waals surface area contributed by atoms with E-state index in [0.29, 0.717) is 10.2 Å². The summed E-state index contributed by atoms with van der Waals surface area (Å²) in [6.07, 6.45) is 2.45. The van der Waals surface area contributed by atoms with E-state index in [1.807, 2.05) is 18.4 Å². The largest absolute Gasteiger partial charge is 0.348 e. The molecule has 94 valence electrons. The molecule has 2 heterocycles. The van der Waals surface area contributed by atoms with Crippen molar-refractivity contribution in [3.8, 4) is 0 Å². The van der Waals surface area contributed by atoms with E-state index in [1.165, 1.54) is 5.56 Å². The van der Waals surface area contributed by atoms with Crippen molar-refractivity contribution < 1.29 is 4.79 Å². The Hall–Kier alpha value is -1.20. The van der Waals surface area contributed by atoms with Crippen molar-refractivity contribution in [3.63, 3.8) is 0 Å². The average molecular weight is 325 g/mol. The Morgan fingerprint density at radius 2 is 2.39 bits per heavy atom. The monoisotopic (exact) mass is 324 g/mol. The highest BCUT2D eigenvalue weighted by Crippen LogP contribution is 2.14. The van der Waals surface area contributed by atoms with Crippen LogP contribution in [0.2, 0.25) is 0 Å². The van der Waals surface area contributed by atoms with Gasteiger partial charge in [-0.2, -0.15) is 11.3 Å². The number of carbonyl (C=O) groups is 1. The first kappa shape index (κ1) is 13.2. The van der Waals surface area contributed by atoms with Gasteiger partial charge in [0.25, 0.3) is 5.91 Å². The lowest BCUT2D eigenvalue weighted by molar-refractivity contribution is 0.0934. The van der Waals surface area contributed by atoms with Crippen molar-refractivity contribution >= 4 is 33.2 Å². The molecule has 1 unspecified atom stereocenters. The van der Waals surface area contributed by atoms with Gasteiger partial charge >= 0.3 is 0 Å². The predicted molar refractivity (Wildman–Crippen MR) is 76.9 cm³/mol. The molecule has 0 aliphatic carbocycles. The molecule has 2 rings (SSSR count). The minimum Gasteiger partial charge on any atom is -0.348 e. The molecule has 0 spiro atoms. The summed E-state index contributed by atoms with van der Waals surface area (Å²) in [5.74, 6) is -0.148. The first-order valence-corrected chi connectivity index (χ1v) is 7.33. The van der Waals surface area contributed by atoms with E-state index in [0.717, 1.165) is 6.42 Å². The zero-order chi connectivity index (χ0) is 13.0. The molecule has 0 aromatic carbocycles. The summed E-state index contributed by atoms with van der Waals surface area (Å²) < 4.78 is 0.713. The molecule has 0 radical (unpaired) electrons. The van der Waals surface area contributed by atoms with E-state index >= 15 is 0 Å². The Labute approximate surface area is 118 Å². The minimum absolute atomic E-state index is 0.0843. The quantitative estimate of drug-likeness (QED) is 0.937. The molecule has 1 N–H and O–H groups in total. The zero-order valence-corrected chi connectivity index (χ0v) is 12.3. The van der Waals surface area contributed by atoms with Crippen LogP contribution in [-0.4, -0.2) is 16.9 Å². The second kappa shape index (κ2) is 6.11. The van der Waals surface area contributed by atoms with Gasteiger partial charge in [0.2, 0.25) is 0 Å². The van der Waals surface area contributed by atoms with Gasteiger partial charge in [-0.25, -0.2) is 4.98 Å². The molecule has 2 aromatic rings. The van der Waals surface area contributed by atoms with Gasteiger partial charge in [0.15, 0.2) is 0 Å². The highest BCUT2D eigenvalue weighted by molar-refractivity contribution is 9.10. The van der Waals surface area contributed by atoms with Crippen LogP contribution in [0, 0.1) is 0 Å². The molecule has 0 saturated heterocycles. The van der Waals surface area contributed by atoms with Crippen LogP contribution in [0.4, 0.5) is 0 Å². The normalized spacial score (nSPS) is 12.1. The molecule has 1 atom stereocenters. The fourth-order valence-corrected chi connectivity index (χ4v) is 2.77. The lowest BCUT2D eigenvalue weighted by atomic mass is 10.1. The number of halogens is 1. The molecule has 18 heavy (non-hydrogen) atoms. The number of carbonyl (C=O) groups excluding carboxylic acids is 1. The van der Waals surface area contributed by atoms with Gasteiger partial charge in [-0.1, -0.05) is 0 Å². The Bertz CT molecular complexity index is 528. The smallest absolute Gasteiger partial charge is 0.271 e. The van der Waals surface area contributed by atoms with E-state index in [2.05, 4.69) is 37.7 Å². The lowest BCUT2D eigenvalue weighted by Crippen LogP contribution is -2.34. The summed E-state index contributed by atoms with van der Waals surface area (Å²) in [5, 5.41) is 7.09. The maximum atomic E-state index is 12.0. The number of hydrogen-bond acceptors (Lipinski definition) is 3. The molecule has 1 amide bonds. The summed E-state index contributed by atoms with van der Waals surface area (Å²) in [6, 6.07) is 5.76. The van der Waals surface area contributed by atoms with Crippen LogP contribution in [-0.2, 0) is 6.42 Å². The van der Waals surface area contributed by atoms with E-state index in [-0.39, 0.29) is 11.9 Å². The fraction of sp³-hybridized carbons (Fsp3) is 0.231. The van der Waals surface area contributed by atoms with E-state index in [1.54, 1.807) is 23.6 Å². The Kier molecular flexibility index (Phi) is 4.49. The van der Waals surface area contributed by atoms with Crippen molar-refractivity contribution in [2.75, 3.05) is 0 Å². The van der Waals surface area contributed by atoms with Crippen LogP contribution in [0.15, 0.2) is 39.6 Å². The molecular weight excluding hydrogens is 312 g/mol. The molecule has 0 saturated carbocycles. The number of pyridine rings is 1. The highest BCUT2D eigenvalue weighted by atomic mass is 79.9. The second-order valence-electron chi connectivity index (χ2n) is 4.04. The van der Waals surface area contributed by atoms with Gasteiger partial charge in [0.1, 0.15) is 5.69 Å². The van der Waals surface area contributed by atoms with Crippen molar-refractivity contribution in [2.45, 2.75) is 19.4 Å². The second-order valence-corrected chi connectivity index (χ2v) is 5.68. The third-order valence-electron chi connectivity index (χ3n) is 2.47. The number of amides is 1. The average Bonchev–Trinajstić information content (AvgIpc) is 2.82. The maximum absolute atomic E-state index is 12.0. The van der Waals surface area contributed by atoms with Gasteiger partial charge in [0.05, 0.1) is 0 Å². The number of rotatable bonds is 4. The van der Waals surface area contributed by atoms with Gasteiger partial charge in [-0.15, -0.1) is 0 Å². The van der Waals surface area contributed by atoms with Gasteiger partial charge in [-0.3, -0.25) is 4.79 Å². The topological polar surface area (TPSA) is 42.0 Å². The predicted octanol–water partition coefficient (Wildman–Crippen LogP) is 3.27. The third kappa shape index (κ3) is 3.40. The fourth-order valence-electron chi connectivity index (χ4n) is 1.66. The number of aromatic nitrogens is 1. The first-order chi connectivity index (χ1) is 8.66. The lowest BCUT2D eigenvalue weighted by Gasteiger charge is -2.13. The number of nitrogens with zero attached hydrogens (tertiary/aromatic N) is 1. The molecule has 0 aliphatic heterocycles. The van der Waals surface area contributed by atoms with Crippen LogP contribution in [0.3, 0.4) is 0 Å². The van der Waals surface area contributed by atoms with Gasteiger partial charge < -0.3 is 5.32 Å². The van der Waals surface area contributed by atoms with Crippen molar-refractivity contribution in [1.82, 2.24) is 10.3 Å². The molecule has 5 heteroatoms.